The van der Waals surface area contributed by atoms with E-state index < -0.39 is 11.8 Å². The van der Waals surface area contributed by atoms with Crippen LogP contribution in [0.3, 0.4) is 0 Å². The molecule has 0 unspecified atom stereocenters. The zero-order valence-electron chi connectivity index (χ0n) is 14.8. The molecule has 1 aliphatic rings. The number of methoxy groups -OCH3 is 2. The molecule has 1 fully saturated rings. The van der Waals surface area contributed by atoms with Crippen molar-refractivity contribution >= 4 is 68.4 Å². The molecule has 0 atom stereocenters. The van der Waals surface area contributed by atoms with E-state index in [9.17, 15) is 9.59 Å². The number of amides is 2. The van der Waals surface area contributed by atoms with E-state index in [-0.39, 0.29) is 10.7 Å². The predicted molar refractivity (Wildman–Crippen MR) is 115 cm³/mol. The van der Waals surface area contributed by atoms with Gasteiger partial charge in [-0.1, -0.05) is 39.7 Å². The maximum atomic E-state index is 13.1. The van der Waals surface area contributed by atoms with E-state index in [2.05, 4.69) is 21.2 Å². The van der Waals surface area contributed by atoms with Gasteiger partial charge in [-0.15, -0.1) is 0 Å². The molecule has 1 N–H and O–H groups in total. The minimum absolute atomic E-state index is 0.0426. The molecule has 0 saturated carbocycles. The van der Waals surface area contributed by atoms with E-state index in [4.69, 9.17) is 33.3 Å². The largest absolute Gasteiger partial charge is 0.493 e. The highest BCUT2D eigenvalue weighted by Gasteiger charge is 2.35. The fourth-order valence-electron chi connectivity index (χ4n) is 2.73. The Hall–Kier alpha value is -2.42. The number of nitrogens with one attached hydrogen (secondary N) is 1. The predicted octanol–water partition coefficient (Wildman–Crippen LogP) is 3.95. The Kier molecular flexibility index (Phi) is 6.02. The number of thiocarbonyl (C=S) groups is 1. The first-order valence-corrected chi connectivity index (χ1v) is 9.52. The van der Waals surface area contributed by atoms with Gasteiger partial charge in [-0.3, -0.25) is 19.8 Å². The fourth-order valence-corrected chi connectivity index (χ4v) is 3.68. The van der Waals surface area contributed by atoms with Gasteiger partial charge < -0.3 is 9.47 Å². The molecule has 2 amide bonds. The number of hydrogen-bond donors (Lipinski definition) is 1. The Labute approximate surface area is 180 Å². The number of nitrogens with zero attached hydrogens (tertiary/aromatic N) is 1. The van der Waals surface area contributed by atoms with Crippen LogP contribution in [-0.4, -0.2) is 31.1 Å². The number of carbonyl (C=O) groups excluding carboxylic acids is 2. The van der Waals surface area contributed by atoms with Gasteiger partial charge in [0.25, 0.3) is 11.8 Å². The molecule has 0 aromatic heterocycles. The average molecular weight is 482 g/mol. The summed E-state index contributed by atoms with van der Waals surface area (Å²) in [4.78, 5) is 26.8. The number of rotatable bonds is 4. The molecule has 9 heteroatoms. The standard InChI is InChI=1S/C19H14BrClN2O4S/c1-26-15-9-11(20)7-10(16(15)27-2)8-12-17(24)22-19(28)23(18(12)25)14-6-4-3-5-13(14)21/h3-9H,1-2H3,(H,22,24,28)/b12-8+. The number of anilines is 1. The van der Waals surface area contributed by atoms with Crippen LogP contribution in [0.1, 0.15) is 5.56 Å². The molecule has 1 heterocycles. The molecule has 0 spiro atoms. The third kappa shape index (κ3) is 3.76. The zero-order chi connectivity index (χ0) is 20.4. The van der Waals surface area contributed by atoms with Crippen LogP contribution in [0.15, 0.2) is 46.4 Å². The van der Waals surface area contributed by atoms with Crippen LogP contribution in [0.25, 0.3) is 6.08 Å². The summed E-state index contributed by atoms with van der Waals surface area (Å²) in [6.45, 7) is 0. The first-order valence-electron chi connectivity index (χ1n) is 7.95. The van der Waals surface area contributed by atoms with Crippen molar-refractivity contribution in [1.82, 2.24) is 5.32 Å². The monoisotopic (exact) mass is 480 g/mol. The summed E-state index contributed by atoms with van der Waals surface area (Å²) in [6, 6.07) is 10.2. The van der Waals surface area contributed by atoms with Crippen LogP contribution in [-0.2, 0) is 9.59 Å². The first kappa shape index (κ1) is 20.3. The second kappa shape index (κ2) is 8.30. The lowest BCUT2D eigenvalue weighted by Gasteiger charge is -2.29. The second-order valence-electron chi connectivity index (χ2n) is 5.64. The highest BCUT2D eigenvalue weighted by atomic mass is 79.9. The second-order valence-corrected chi connectivity index (χ2v) is 7.35. The molecule has 144 valence electrons. The maximum Gasteiger partial charge on any atom is 0.270 e. The molecule has 1 saturated heterocycles. The highest BCUT2D eigenvalue weighted by molar-refractivity contribution is 9.10. The van der Waals surface area contributed by atoms with Crippen LogP contribution >= 0.6 is 39.7 Å². The van der Waals surface area contributed by atoms with Crippen molar-refractivity contribution in [2.75, 3.05) is 19.1 Å². The highest BCUT2D eigenvalue weighted by Crippen LogP contribution is 2.36. The van der Waals surface area contributed by atoms with Crippen molar-refractivity contribution in [3.8, 4) is 11.5 Å². The molecule has 1 aliphatic heterocycles. The van der Waals surface area contributed by atoms with Crippen molar-refractivity contribution in [2.45, 2.75) is 0 Å². The summed E-state index contributed by atoms with van der Waals surface area (Å²) in [5.41, 5.74) is 0.745. The maximum absolute atomic E-state index is 13.1. The van der Waals surface area contributed by atoms with Crippen LogP contribution in [0.2, 0.25) is 5.02 Å². The SMILES string of the molecule is COc1cc(Br)cc(/C=C2\C(=O)NC(=S)N(c3ccccc3Cl)C2=O)c1OC. The molecule has 2 aromatic rings. The zero-order valence-corrected chi connectivity index (χ0v) is 17.9. The molecule has 3 rings (SSSR count). The van der Waals surface area contributed by atoms with Gasteiger partial charge in [-0.25, -0.2) is 0 Å². The Morgan fingerprint density at radius 3 is 2.54 bits per heavy atom. The van der Waals surface area contributed by atoms with Gasteiger partial charge in [-0.05, 0) is 42.6 Å². The van der Waals surface area contributed by atoms with Gasteiger partial charge in [0.15, 0.2) is 16.6 Å². The minimum atomic E-state index is -0.612. The fraction of sp³-hybridized carbons (Fsp3) is 0.105. The minimum Gasteiger partial charge on any atom is -0.493 e. The molecular weight excluding hydrogens is 468 g/mol. The number of halogens is 2. The van der Waals surface area contributed by atoms with E-state index in [0.717, 1.165) is 0 Å². The molecule has 0 radical (unpaired) electrons. The topological polar surface area (TPSA) is 67.9 Å². The van der Waals surface area contributed by atoms with E-state index in [1.165, 1.54) is 25.2 Å². The van der Waals surface area contributed by atoms with Crippen molar-refractivity contribution in [1.29, 1.82) is 0 Å². The van der Waals surface area contributed by atoms with Crippen molar-refractivity contribution < 1.29 is 19.1 Å². The normalized spacial score (nSPS) is 15.6. The van der Waals surface area contributed by atoms with Gasteiger partial charge in [0.2, 0.25) is 0 Å². The Morgan fingerprint density at radius 1 is 1.18 bits per heavy atom. The number of ether oxygens (including phenoxy) is 2. The van der Waals surface area contributed by atoms with Crippen molar-refractivity contribution in [3.05, 3.63) is 57.0 Å². The van der Waals surface area contributed by atoms with Gasteiger partial charge in [-0.2, -0.15) is 0 Å². The van der Waals surface area contributed by atoms with Crippen LogP contribution in [0, 0.1) is 0 Å². The molecule has 0 aliphatic carbocycles. The van der Waals surface area contributed by atoms with E-state index >= 15 is 0 Å². The van der Waals surface area contributed by atoms with E-state index in [1.807, 2.05) is 0 Å². The number of carbonyl (C=O) groups is 2. The molecule has 6 nitrogen and oxygen atoms in total. The lowest BCUT2D eigenvalue weighted by molar-refractivity contribution is -0.122. The molecule has 28 heavy (non-hydrogen) atoms. The van der Waals surface area contributed by atoms with Gasteiger partial charge in [0.1, 0.15) is 5.57 Å². The number of para-hydroxylation sites is 1. The Balaban J connectivity index is 2.13. The van der Waals surface area contributed by atoms with E-state index in [0.29, 0.717) is 32.2 Å². The van der Waals surface area contributed by atoms with Crippen molar-refractivity contribution in [2.24, 2.45) is 0 Å². The number of benzene rings is 2. The molecular formula is C19H14BrClN2O4S. The van der Waals surface area contributed by atoms with Crippen LogP contribution in [0.5, 0.6) is 11.5 Å². The average Bonchev–Trinajstić information content (AvgIpc) is 2.66. The smallest absolute Gasteiger partial charge is 0.270 e. The Morgan fingerprint density at radius 2 is 1.89 bits per heavy atom. The lowest BCUT2D eigenvalue weighted by atomic mass is 10.1. The quantitative estimate of drug-likeness (QED) is 0.407. The van der Waals surface area contributed by atoms with Gasteiger partial charge in [0, 0.05) is 10.0 Å². The summed E-state index contributed by atoms with van der Waals surface area (Å²) in [5.74, 6) is -0.371. The third-order valence-electron chi connectivity index (χ3n) is 3.97. The van der Waals surface area contributed by atoms with Crippen LogP contribution < -0.4 is 19.7 Å². The Bertz CT molecular complexity index is 1020. The lowest BCUT2D eigenvalue weighted by Crippen LogP contribution is -2.54. The van der Waals surface area contributed by atoms with Gasteiger partial charge in [0.05, 0.1) is 24.9 Å². The van der Waals surface area contributed by atoms with Crippen molar-refractivity contribution in [3.63, 3.8) is 0 Å². The summed E-state index contributed by atoms with van der Waals surface area (Å²) in [7, 11) is 2.97. The molecule has 0 bridgehead atoms. The first-order chi connectivity index (χ1) is 13.4. The summed E-state index contributed by atoms with van der Waals surface area (Å²) in [6.07, 6.45) is 1.43. The van der Waals surface area contributed by atoms with E-state index in [1.54, 1.807) is 36.4 Å². The van der Waals surface area contributed by atoms with Gasteiger partial charge >= 0.3 is 0 Å². The third-order valence-corrected chi connectivity index (χ3v) is 5.03. The summed E-state index contributed by atoms with van der Waals surface area (Å²) in [5, 5.41) is 2.81. The molecule has 2 aromatic carbocycles. The summed E-state index contributed by atoms with van der Waals surface area (Å²) < 4.78 is 11.4. The number of hydrogen-bond acceptors (Lipinski definition) is 5. The summed E-state index contributed by atoms with van der Waals surface area (Å²) >= 11 is 14.8. The van der Waals surface area contributed by atoms with Crippen LogP contribution in [0.4, 0.5) is 5.69 Å².